The Morgan fingerprint density at radius 3 is 2.10 bits per heavy atom. The second kappa shape index (κ2) is 5.62. The normalized spacial score (nSPS) is 21.6. The van der Waals surface area contributed by atoms with Crippen LogP contribution < -0.4 is 0 Å². The Hall–Kier alpha value is -1.05. The van der Waals surface area contributed by atoms with Crippen LogP contribution in [0.3, 0.4) is 0 Å². The molecule has 21 heavy (non-hydrogen) atoms. The standard InChI is InChI=1S/C14H18F2N2O2S/c15-12-7-11(8-13(16)9-12)10-17-3-5-18(6-4-17)21(19,20)14-1-2-14/h7-9,14H,1-6,10H2. The maximum Gasteiger partial charge on any atom is 0.217 e. The maximum absolute atomic E-state index is 13.2. The van der Waals surface area contributed by atoms with Crippen molar-refractivity contribution in [1.82, 2.24) is 9.21 Å². The van der Waals surface area contributed by atoms with E-state index in [0.29, 0.717) is 38.3 Å². The molecule has 1 aromatic rings. The van der Waals surface area contributed by atoms with Crippen molar-refractivity contribution >= 4 is 10.0 Å². The van der Waals surface area contributed by atoms with Crippen molar-refractivity contribution in [3.8, 4) is 0 Å². The van der Waals surface area contributed by atoms with E-state index in [4.69, 9.17) is 0 Å². The molecule has 116 valence electrons. The van der Waals surface area contributed by atoms with E-state index in [1.807, 2.05) is 4.90 Å². The fourth-order valence-electron chi connectivity index (χ4n) is 2.68. The summed E-state index contributed by atoms with van der Waals surface area (Å²) in [7, 11) is -3.11. The second-order valence-electron chi connectivity index (χ2n) is 5.70. The summed E-state index contributed by atoms with van der Waals surface area (Å²) in [5.74, 6) is -1.17. The van der Waals surface area contributed by atoms with Crippen molar-refractivity contribution in [3.05, 3.63) is 35.4 Å². The third-order valence-electron chi connectivity index (χ3n) is 3.97. The summed E-state index contributed by atoms with van der Waals surface area (Å²) in [6.45, 7) is 2.52. The lowest BCUT2D eigenvalue weighted by molar-refractivity contribution is 0.181. The number of nitrogens with zero attached hydrogens (tertiary/aromatic N) is 2. The van der Waals surface area contributed by atoms with Crippen molar-refractivity contribution in [3.63, 3.8) is 0 Å². The first kappa shape index (κ1) is 14.9. The summed E-state index contributed by atoms with van der Waals surface area (Å²) in [6, 6.07) is 3.48. The van der Waals surface area contributed by atoms with E-state index in [1.165, 1.54) is 12.1 Å². The van der Waals surface area contributed by atoms with E-state index in [1.54, 1.807) is 4.31 Å². The smallest absolute Gasteiger partial charge is 0.217 e. The minimum Gasteiger partial charge on any atom is -0.296 e. The molecule has 2 aliphatic rings. The Labute approximate surface area is 123 Å². The fourth-order valence-corrected chi connectivity index (χ4v) is 4.50. The highest BCUT2D eigenvalue weighted by molar-refractivity contribution is 7.90. The number of benzene rings is 1. The highest BCUT2D eigenvalue weighted by Gasteiger charge is 2.40. The molecular formula is C14H18F2N2O2S. The molecule has 1 saturated carbocycles. The second-order valence-corrected chi connectivity index (χ2v) is 7.91. The van der Waals surface area contributed by atoms with Crippen LogP contribution in [0.4, 0.5) is 8.78 Å². The van der Waals surface area contributed by atoms with Gasteiger partial charge in [0.25, 0.3) is 0 Å². The summed E-state index contributed by atoms with van der Waals surface area (Å²) in [5.41, 5.74) is 0.575. The van der Waals surface area contributed by atoms with Gasteiger partial charge in [-0.1, -0.05) is 0 Å². The van der Waals surface area contributed by atoms with Crippen LogP contribution in [0.15, 0.2) is 18.2 Å². The average Bonchev–Trinajstić information content (AvgIpc) is 3.22. The minimum atomic E-state index is -3.11. The quantitative estimate of drug-likeness (QED) is 0.847. The van der Waals surface area contributed by atoms with Crippen LogP contribution in [0, 0.1) is 11.6 Å². The van der Waals surface area contributed by atoms with Crippen molar-refractivity contribution in [1.29, 1.82) is 0 Å². The van der Waals surface area contributed by atoms with Crippen LogP contribution in [-0.2, 0) is 16.6 Å². The lowest BCUT2D eigenvalue weighted by Crippen LogP contribution is -2.49. The molecule has 1 aliphatic heterocycles. The molecule has 4 nitrogen and oxygen atoms in total. The SMILES string of the molecule is O=S(=O)(C1CC1)N1CCN(Cc2cc(F)cc(F)c2)CC1. The molecule has 2 fully saturated rings. The Kier molecular flexibility index (Phi) is 3.98. The molecule has 0 unspecified atom stereocenters. The summed E-state index contributed by atoms with van der Waals surface area (Å²) >= 11 is 0. The molecule has 0 N–H and O–H groups in total. The molecule has 1 aliphatic carbocycles. The van der Waals surface area contributed by atoms with E-state index in [-0.39, 0.29) is 5.25 Å². The number of halogens is 2. The van der Waals surface area contributed by atoms with Gasteiger partial charge >= 0.3 is 0 Å². The molecule has 0 bridgehead atoms. The van der Waals surface area contributed by atoms with E-state index in [0.717, 1.165) is 18.9 Å². The van der Waals surface area contributed by atoms with Crippen LogP contribution in [0.25, 0.3) is 0 Å². The number of sulfonamides is 1. The number of hydrogen-bond donors (Lipinski definition) is 0. The predicted molar refractivity (Wildman–Crippen MR) is 75.1 cm³/mol. The number of hydrogen-bond acceptors (Lipinski definition) is 3. The first-order valence-electron chi connectivity index (χ1n) is 7.11. The Bertz CT molecular complexity index is 604. The lowest BCUT2D eigenvalue weighted by Gasteiger charge is -2.34. The van der Waals surface area contributed by atoms with E-state index in [2.05, 4.69) is 0 Å². The molecule has 1 heterocycles. The van der Waals surface area contributed by atoms with Crippen LogP contribution in [0.2, 0.25) is 0 Å². The fraction of sp³-hybridized carbons (Fsp3) is 0.571. The highest BCUT2D eigenvalue weighted by Crippen LogP contribution is 2.31. The van der Waals surface area contributed by atoms with Gasteiger partial charge in [0.2, 0.25) is 10.0 Å². The molecule has 0 spiro atoms. The lowest BCUT2D eigenvalue weighted by atomic mass is 10.2. The van der Waals surface area contributed by atoms with Crippen molar-refractivity contribution in [2.45, 2.75) is 24.6 Å². The van der Waals surface area contributed by atoms with Crippen molar-refractivity contribution < 1.29 is 17.2 Å². The summed E-state index contributed by atoms with van der Waals surface area (Å²) in [5, 5.41) is -0.179. The van der Waals surface area contributed by atoms with Crippen LogP contribution in [0.5, 0.6) is 0 Å². The average molecular weight is 316 g/mol. The molecule has 7 heteroatoms. The number of piperazine rings is 1. The predicted octanol–water partition coefficient (Wildman–Crippen LogP) is 1.57. The molecule has 0 amide bonds. The molecule has 0 aromatic heterocycles. The van der Waals surface area contributed by atoms with Gasteiger partial charge < -0.3 is 0 Å². The van der Waals surface area contributed by atoms with E-state index < -0.39 is 21.7 Å². The first-order valence-corrected chi connectivity index (χ1v) is 8.62. The summed E-state index contributed by atoms with van der Waals surface area (Å²) in [4.78, 5) is 2.02. The Balaban J connectivity index is 1.58. The van der Waals surface area contributed by atoms with Gasteiger partial charge in [-0.25, -0.2) is 17.2 Å². The summed E-state index contributed by atoms with van der Waals surface area (Å²) in [6.07, 6.45) is 1.54. The van der Waals surface area contributed by atoms with E-state index >= 15 is 0 Å². The van der Waals surface area contributed by atoms with Crippen LogP contribution in [0.1, 0.15) is 18.4 Å². The third kappa shape index (κ3) is 3.41. The summed E-state index contributed by atoms with van der Waals surface area (Å²) < 4.78 is 52.1. The molecular weight excluding hydrogens is 298 g/mol. The largest absolute Gasteiger partial charge is 0.296 e. The minimum absolute atomic E-state index is 0.179. The van der Waals surface area contributed by atoms with Gasteiger partial charge in [0, 0.05) is 38.8 Å². The molecule has 0 atom stereocenters. The Morgan fingerprint density at radius 2 is 1.57 bits per heavy atom. The van der Waals surface area contributed by atoms with Gasteiger partial charge in [0.1, 0.15) is 11.6 Å². The number of rotatable bonds is 4. The van der Waals surface area contributed by atoms with E-state index in [9.17, 15) is 17.2 Å². The van der Waals surface area contributed by atoms with Crippen LogP contribution in [-0.4, -0.2) is 49.1 Å². The molecule has 0 radical (unpaired) electrons. The molecule has 1 saturated heterocycles. The van der Waals surface area contributed by atoms with Gasteiger partial charge in [0.05, 0.1) is 5.25 Å². The topological polar surface area (TPSA) is 40.6 Å². The molecule has 1 aromatic carbocycles. The van der Waals surface area contributed by atoms with Gasteiger partial charge in [0.15, 0.2) is 0 Å². The highest BCUT2D eigenvalue weighted by atomic mass is 32.2. The third-order valence-corrected chi connectivity index (χ3v) is 6.36. The van der Waals surface area contributed by atoms with Gasteiger partial charge in [-0.15, -0.1) is 0 Å². The molecule has 3 rings (SSSR count). The Morgan fingerprint density at radius 1 is 1.00 bits per heavy atom. The first-order chi connectivity index (χ1) is 9.95. The maximum atomic E-state index is 13.2. The zero-order valence-corrected chi connectivity index (χ0v) is 12.5. The van der Waals surface area contributed by atoms with Crippen molar-refractivity contribution in [2.75, 3.05) is 26.2 Å². The zero-order chi connectivity index (χ0) is 15.0. The van der Waals surface area contributed by atoms with Crippen molar-refractivity contribution in [2.24, 2.45) is 0 Å². The monoisotopic (exact) mass is 316 g/mol. The van der Waals surface area contributed by atoms with Gasteiger partial charge in [-0.3, -0.25) is 4.90 Å². The zero-order valence-electron chi connectivity index (χ0n) is 11.6. The van der Waals surface area contributed by atoms with Gasteiger partial charge in [-0.2, -0.15) is 4.31 Å². The van der Waals surface area contributed by atoms with Crippen LogP contribution >= 0.6 is 0 Å². The van der Waals surface area contributed by atoms with Gasteiger partial charge in [-0.05, 0) is 30.5 Å².